The number of amides is 3. The number of nitrogens with zero attached hydrogens (tertiary/aromatic N) is 1. The molecule has 0 aromatic heterocycles. The number of hydrogen-bond donors (Lipinski definition) is 2. The Labute approximate surface area is 231 Å². The number of benzene rings is 1. The van der Waals surface area contributed by atoms with E-state index < -0.39 is 23.8 Å². The molecule has 1 aromatic rings. The van der Waals surface area contributed by atoms with E-state index in [1.54, 1.807) is 25.7 Å². The van der Waals surface area contributed by atoms with Gasteiger partial charge in [0.1, 0.15) is 17.7 Å². The summed E-state index contributed by atoms with van der Waals surface area (Å²) in [6.45, 7) is 18.6. The number of unbranched alkanes of at least 4 members (excludes halogenated alkanes) is 4. The Hall–Kier alpha value is -2.57. The monoisotopic (exact) mass is 531 g/mol. The van der Waals surface area contributed by atoms with Crippen LogP contribution >= 0.6 is 0 Å². The minimum absolute atomic E-state index is 0.151. The summed E-state index contributed by atoms with van der Waals surface area (Å²) < 4.78 is 5.49. The fraction of sp³-hybridized carbons (Fsp3) is 0.710. The molecule has 2 unspecified atom stereocenters. The Morgan fingerprint density at radius 3 is 2.05 bits per heavy atom. The van der Waals surface area contributed by atoms with Gasteiger partial charge in [-0.15, -0.1) is 0 Å². The molecular formula is C31H53N3O4. The van der Waals surface area contributed by atoms with Gasteiger partial charge >= 0.3 is 6.09 Å². The normalized spacial score (nSPS) is 13.1. The molecule has 1 rings (SSSR count). The highest BCUT2D eigenvalue weighted by Crippen LogP contribution is 2.29. The predicted molar refractivity (Wildman–Crippen MR) is 155 cm³/mol. The number of rotatable bonds is 15. The molecular weight excluding hydrogens is 478 g/mol. The molecule has 0 aliphatic heterocycles. The number of alkyl carbamates (subject to hydrolysis) is 1. The second-order valence-electron chi connectivity index (χ2n) is 11.8. The SMILES string of the molecule is CCCCCNC(=O)C(c1c(C)cccc1C)N(CCCCC)C(=O)C(CC(C)C)NC(=O)OC(C)(C)C. The van der Waals surface area contributed by atoms with Crippen LogP contribution in [0.4, 0.5) is 4.79 Å². The quantitative estimate of drug-likeness (QED) is 0.249. The van der Waals surface area contributed by atoms with Crippen molar-refractivity contribution in [2.45, 2.75) is 125 Å². The molecule has 0 radical (unpaired) electrons. The first-order valence-corrected chi connectivity index (χ1v) is 14.5. The van der Waals surface area contributed by atoms with Crippen LogP contribution in [0.15, 0.2) is 18.2 Å². The van der Waals surface area contributed by atoms with Crippen molar-refractivity contribution in [1.82, 2.24) is 15.5 Å². The van der Waals surface area contributed by atoms with Crippen molar-refractivity contribution in [2.24, 2.45) is 5.92 Å². The van der Waals surface area contributed by atoms with Crippen molar-refractivity contribution in [3.63, 3.8) is 0 Å². The second-order valence-corrected chi connectivity index (χ2v) is 11.8. The highest BCUT2D eigenvalue weighted by Gasteiger charge is 2.37. The van der Waals surface area contributed by atoms with Gasteiger partial charge in [-0.2, -0.15) is 0 Å². The van der Waals surface area contributed by atoms with Gasteiger partial charge in [-0.1, -0.05) is 71.6 Å². The summed E-state index contributed by atoms with van der Waals surface area (Å²) in [5.74, 6) is -0.279. The topological polar surface area (TPSA) is 87.7 Å². The molecule has 0 aliphatic rings. The van der Waals surface area contributed by atoms with E-state index in [1.165, 1.54) is 0 Å². The summed E-state index contributed by atoms with van der Waals surface area (Å²) in [4.78, 5) is 42.5. The van der Waals surface area contributed by atoms with Crippen molar-refractivity contribution >= 4 is 17.9 Å². The van der Waals surface area contributed by atoms with Crippen molar-refractivity contribution in [2.75, 3.05) is 13.1 Å². The third-order valence-corrected chi connectivity index (χ3v) is 6.44. The molecule has 2 atom stereocenters. The zero-order valence-corrected chi connectivity index (χ0v) is 25.4. The van der Waals surface area contributed by atoms with Crippen LogP contribution in [0.1, 0.15) is 116 Å². The van der Waals surface area contributed by atoms with Gasteiger partial charge < -0.3 is 20.3 Å². The molecule has 7 heteroatoms. The molecule has 38 heavy (non-hydrogen) atoms. The van der Waals surface area contributed by atoms with E-state index in [2.05, 4.69) is 24.5 Å². The Morgan fingerprint density at radius 2 is 1.53 bits per heavy atom. The van der Waals surface area contributed by atoms with E-state index in [1.807, 2.05) is 45.9 Å². The van der Waals surface area contributed by atoms with Crippen LogP contribution in [0.5, 0.6) is 0 Å². The van der Waals surface area contributed by atoms with Gasteiger partial charge in [0, 0.05) is 13.1 Å². The van der Waals surface area contributed by atoms with Gasteiger partial charge in [-0.25, -0.2) is 4.79 Å². The number of nitrogens with one attached hydrogen (secondary N) is 2. The van der Waals surface area contributed by atoms with Crippen molar-refractivity contribution < 1.29 is 19.1 Å². The number of aryl methyl sites for hydroxylation is 2. The van der Waals surface area contributed by atoms with Crippen molar-refractivity contribution in [3.05, 3.63) is 34.9 Å². The molecule has 0 bridgehead atoms. The first-order valence-electron chi connectivity index (χ1n) is 14.5. The van der Waals surface area contributed by atoms with Crippen LogP contribution in [0.2, 0.25) is 0 Å². The van der Waals surface area contributed by atoms with Gasteiger partial charge in [-0.3, -0.25) is 9.59 Å². The first kappa shape index (κ1) is 33.5. The summed E-state index contributed by atoms with van der Waals surface area (Å²) in [7, 11) is 0. The lowest BCUT2D eigenvalue weighted by Gasteiger charge is -2.36. The average molecular weight is 532 g/mol. The van der Waals surface area contributed by atoms with E-state index in [9.17, 15) is 14.4 Å². The number of carbonyl (C=O) groups is 3. The minimum Gasteiger partial charge on any atom is -0.444 e. The van der Waals surface area contributed by atoms with E-state index in [0.717, 1.165) is 55.2 Å². The Kier molecular flexibility index (Phi) is 14.4. The van der Waals surface area contributed by atoms with E-state index in [4.69, 9.17) is 4.74 Å². The maximum atomic E-state index is 14.3. The molecule has 2 N–H and O–H groups in total. The summed E-state index contributed by atoms with van der Waals surface area (Å²) in [5, 5.41) is 5.93. The Morgan fingerprint density at radius 1 is 0.947 bits per heavy atom. The van der Waals surface area contributed by atoms with Gasteiger partial charge in [0.05, 0.1) is 0 Å². The lowest BCUT2D eigenvalue weighted by Crippen LogP contribution is -2.54. The molecule has 7 nitrogen and oxygen atoms in total. The zero-order valence-electron chi connectivity index (χ0n) is 25.4. The second kappa shape index (κ2) is 16.4. The predicted octanol–water partition coefficient (Wildman–Crippen LogP) is 6.61. The highest BCUT2D eigenvalue weighted by molar-refractivity contribution is 5.92. The van der Waals surface area contributed by atoms with Gasteiger partial charge in [0.25, 0.3) is 0 Å². The first-order chi connectivity index (χ1) is 17.8. The minimum atomic E-state index is -0.800. The fourth-order valence-corrected chi connectivity index (χ4v) is 4.61. The average Bonchev–Trinajstić information content (AvgIpc) is 2.80. The number of carbonyl (C=O) groups excluding carboxylic acids is 3. The summed E-state index contributed by atoms with van der Waals surface area (Å²) in [6.07, 6.45) is 5.50. The van der Waals surface area contributed by atoms with Crippen molar-refractivity contribution in [3.8, 4) is 0 Å². The van der Waals surface area contributed by atoms with Crippen molar-refractivity contribution in [1.29, 1.82) is 0 Å². The largest absolute Gasteiger partial charge is 0.444 e. The van der Waals surface area contributed by atoms with Crippen LogP contribution in [0.25, 0.3) is 0 Å². The van der Waals surface area contributed by atoms with Gasteiger partial charge in [0.15, 0.2) is 0 Å². The fourth-order valence-electron chi connectivity index (χ4n) is 4.61. The molecule has 3 amide bonds. The molecule has 0 aliphatic carbocycles. The number of hydrogen-bond acceptors (Lipinski definition) is 4. The maximum absolute atomic E-state index is 14.3. The lowest BCUT2D eigenvalue weighted by molar-refractivity contribution is -0.143. The Balaban J connectivity index is 3.52. The van der Waals surface area contributed by atoms with Gasteiger partial charge in [0.2, 0.25) is 11.8 Å². The smallest absolute Gasteiger partial charge is 0.408 e. The standard InChI is InChI=1S/C31H53N3O4/c1-10-12-14-19-32-28(35)27(26-23(5)17-16-18-24(26)6)34(20-15-13-11-2)29(36)25(21-22(3)4)33-30(37)38-31(7,8)9/h16-18,22,25,27H,10-15,19-21H2,1-9H3,(H,32,35)(H,33,37). The highest BCUT2D eigenvalue weighted by atomic mass is 16.6. The molecule has 1 aromatic carbocycles. The van der Waals surface area contributed by atoms with E-state index in [-0.39, 0.29) is 17.7 Å². The third kappa shape index (κ3) is 11.4. The zero-order chi connectivity index (χ0) is 28.9. The third-order valence-electron chi connectivity index (χ3n) is 6.44. The summed E-state index contributed by atoms with van der Waals surface area (Å²) in [6, 6.07) is 4.36. The summed E-state index contributed by atoms with van der Waals surface area (Å²) >= 11 is 0. The van der Waals surface area contributed by atoms with E-state index >= 15 is 0 Å². The molecule has 0 heterocycles. The molecule has 0 spiro atoms. The molecule has 0 fully saturated rings. The summed E-state index contributed by atoms with van der Waals surface area (Å²) in [5.41, 5.74) is 2.10. The van der Waals surface area contributed by atoms with E-state index in [0.29, 0.717) is 19.5 Å². The molecule has 0 saturated heterocycles. The number of ether oxygens (including phenoxy) is 1. The maximum Gasteiger partial charge on any atom is 0.408 e. The van der Waals surface area contributed by atoms with Crippen LogP contribution < -0.4 is 10.6 Å². The van der Waals surface area contributed by atoms with Crippen LogP contribution in [-0.4, -0.2) is 47.5 Å². The molecule has 0 saturated carbocycles. The molecule has 216 valence electrons. The lowest BCUT2D eigenvalue weighted by atomic mass is 9.92. The van der Waals surface area contributed by atoms with Gasteiger partial charge in [-0.05, 0) is 76.5 Å². The van der Waals surface area contributed by atoms with Crippen LogP contribution in [0.3, 0.4) is 0 Å². The van der Waals surface area contributed by atoms with Crippen LogP contribution in [-0.2, 0) is 14.3 Å². The Bertz CT molecular complexity index is 871. The van der Waals surface area contributed by atoms with Crippen LogP contribution in [0, 0.1) is 19.8 Å².